The maximum Gasteiger partial charge on any atom is 0.416 e. The Morgan fingerprint density at radius 1 is 1.00 bits per heavy atom. The van der Waals surface area contributed by atoms with Crippen molar-refractivity contribution in [1.82, 2.24) is 4.98 Å². The number of halogens is 3. The molecule has 2 aromatic rings. The topological polar surface area (TPSA) is 19.4 Å². The molecule has 0 N–H and O–H groups in total. The number of pyridine rings is 1. The lowest BCUT2D eigenvalue weighted by Crippen LogP contribution is -2.17. The monoisotopic (exact) mass is 335 g/mol. The van der Waals surface area contributed by atoms with Gasteiger partial charge < -0.3 is 9.80 Å². The molecule has 0 radical (unpaired) electrons. The Bertz CT molecular complexity index is 702. The van der Waals surface area contributed by atoms with Gasteiger partial charge in [-0.15, -0.1) is 0 Å². The zero-order valence-corrected chi connectivity index (χ0v) is 13.8. The number of aromatic nitrogens is 1. The first kappa shape index (κ1) is 16.6. The van der Waals surface area contributed by atoms with E-state index in [1.807, 2.05) is 24.3 Å². The van der Waals surface area contributed by atoms with E-state index < -0.39 is 11.7 Å². The molecular formula is C18H20F3N3. The maximum absolute atomic E-state index is 13.1. The molecule has 24 heavy (non-hydrogen) atoms. The van der Waals surface area contributed by atoms with Crippen LogP contribution in [-0.2, 0) is 6.18 Å². The van der Waals surface area contributed by atoms with E-state index in [4.69, 9.17) is 0 Å². The fourth-order valence-electron chi connectivity index (χ4n) is 2.87. The van der Waals surface area contributed by atoms with Gasteiger partial charge in [0, 0.05) is 38.4 Å². The Morgan fingerprint density at radius 2 is 1.62 bits per heavy atom. The van der Waals surface area contributed by atoms with Crippen molar-refractivity contribution in [3.63, 3.8) is 0 Å². The molecule has 128 valence electrons. The molecular weight excluding hydrogens is 315 g/mol. The van der Waals surface area contributed by atoms with Gasteiger partial charge in [0.1, 0.15) is 5.82 Å². The fraction of sp³-hybridized carbons (Fsp3) is 0.389. The summed E-state index contributed by atoms with van der Waals surface area (Å²) in [7, 11) is 3.37. The highest BCUT2D eigenvalue weighted by atomic mass is 19.4. The molecule has 1 aliphatic heterocycles. The van der Waals surface area contributed by atoms with Crippen LogP contribution in [0.5, 0.6) is 0 Å². The van der Waals surface area contributed by atoms with Gasteiger partial charge in [0.15, 0.2) is 0 Å². The minimum atomic E-state index is -4.39. The molecule has 6 heteroatoms. The summed E-state index contributed by atoms with van der Waals surface area (Å²) in [6.45, 7) is 2.07. The quantitative estimate of drug-likeness (QED) is 0.827. The molecule has 0 amide bonds. The average molecular weight is 335 g/mol. The number of benzene rings is 1. The summed E-state index contributed by atoms with van der Waals surface area (Å²) in [5.41, 5.74) is 1.45. The highest BCUT2D eigenvalue weighted by Crippen LogP contribution is 2.34. The first-order valence-electron chi connectivity index (χ1n) is 7.96. The molecule has 0 unspecified atom stereocenters. The van der Waals surface area contributed by atoms with Gasteiger partial charge in [-0.2, -0.15) is 13.2 Å². The minimum absolute atomic E-state index is 0.295. The third kappa shape index (κ3) is 3.47. The number of rotatable bonds is 3. The van der Waals surface area contributed by atoms with E-state index in [9.17, 15) is 13.2 Å². The third-order valence-corrected chi connectivity index (χ3v) is 4.23. The molecule has 1 aliphatic rings. The van der Waals surface area contributed by atoms with Crippen molar-refractivity contribution >= 4 is 11.5 Å². The van der Waals surface area contributed by atoms with Gasteiger partial charge in [-0.05, 0) is 37.1 Å². The second-order valence-electron chi connectivity index (χ2n) is 6.23. The van der Waals surface area contributed by atoms with E-state index >= 15 is 0 Å². The number of hydrogen-bond acceptors (Lipinski definition) is 3. The molecule has 0 bridgehead atoms. The smallest absolute Gasteiger partial charge is 0.372 e. The third-order valence-electron chi connectivity index (χ3n) is 4.23. The Kier molecular flexibility index (Phi) is 4.39. The van der Waals surface area contributed by atoms with Gasteiger partial charge in [-0.1, -0.05) is 12.1 Å². The van der Waals surface area contributed by atoms with Gasteiger partial charge >= 0.3 is 6.18 Å². The van der Waals surface area contributed by atoms with Crippen molar-refractivity contribution in [1.29, 1.82) is 0 Å². The van der Waals surface area contributed by atoms with Crippen molar-refractivity contribution in [3.05, 3.63) is 42.0 Å². The normalized spacial score (nSPS) is 15.0. The van der Waals surface area contributed by atoms with Crippen LogP contribution >= 0.6 is 0 Å². The van der Waals surface area contributed by atoms with Crippen LogP contribution in [0.3, 0.4) is 0 Å². The van der Waals surface area contributed by atoms with E-state index in [-0.39, 0.29) is 0 Å². The molecule has 2 heterocycles. The molecule has 1 aromatic carbocycles. The minimum Gasteiger partial charge on any atom is -0.372 e. The van der Waals surface area contributed by atoms with Gasteiger partial charge in [-0.3, -0.25) is 0 Å². The summed E-state index contributed by atoms with van der Waals surface area (Å²) in [6, 6.07) is 9.78. The van der Waals surface area contributed by atoms with E-state index in [1.165, 1.54) is 12.8 Å². The highest BCUT2D eigenvalue weighted by molar-refractivity contribution is 5.66. The van der Waals surface area contributed by atoms with Crippen LogP contribution in [-0.4, -0.2) is 32.2 Å². The Balaban J connectivity index is 1.97. The number of hydrogen-bond donors (Lipinski definition) is 0. The number of anilines is 2. The molecule has 0 saturated carbocycles. The molecule has 0 atom stereocenters. The number of alkyl halides is 3. The molecule has 1 aromatic heterocycles. The van der Waals surface area contributed by atoms with E-state index in [0.717, 1.165) is 30.9 Å². The fourth-order valence-corrected chi connectivity index (χ4v) is 2.87. The lowest BCUT2D eigenvalue weighted by molar-refractivity contribution is -0.137. The Hall–Kier alpha value is -2.24. The summed E-state index contributed by atoms with van der Waals surface area (Å²) in [5.74, 6) is 0.295. The second kappa shape index (κ2) is 6.34. The van der Waals surface area contributed by atoms with Crippen molar-refractivity contribution in [2.24, 2.45) is 0 Å². The summed E-state index contributed by atoms with van der Waals surface area (Å²) in [6.07, 6.45) is -2.02. The van der Waals surface area contributed by atoms with E-state index in [0.29, 0.717) is 17.1 Å². The van der Waals surface area contributed by atoms with Crippen molar-refractivity contribution in [2.45, 2.75) is 19.0 Å². The molecule has 3 nitrogen and oxygen atoms in total. The lowest BCUT2D eigenvalue weighted by atomic mass is 10.1. The van der Waals surface area contributed by atoms with Crippen LogP contribution in [0.1, 0.15) is 18.4 Å². The SMILES string of the molecule is CN(C)c1cc(C(F)(F)F)cc(-c2ccc(N3CCCC3)cc2)n1. The predicted octanol–water partition coefficient (Wildman–Crippen LogP) is 4.43. The van der Waals surface area contributed by atoms with Gasteiger partial charge in [0.25, 0.3) is 0 Å². The molecule has 3 rings (SSSR count). The summed E-state index contributed by atoms with van der Waals surface area (Å²) in [4.78, 5) is 8.22. The molecule has 0 aliphatic carbocycles. The lowest BCUT2D eigenvalue weighted by Gasteiger charge is -2.19. The van der Waals surface area contributed by atoms with Gasteiger partial charge in [0.05, 0.1) is 11.3 Å². The second-order valence-corrected chi connectivity index (χ2v) is 6.23. The van der Waals surface area contributed by atoms with Gasteiger partial charge in [-0.25, -0.2) is 4.98 Å². The molecule has 1 fully saturated rings. The van der Waals surface area contributed by atoms with E-state index in [1.54, 1.807) is 19.0 Å². The molecule has 0 spiro atoms. The summed E-state index contributed by atoms with van der Waals surface area (Å²) in [5, 5.41) is 0. The average Bonchev–Trinajstić information content (AvgIpc) is 3.08. The Morgan fingerprint density at radius 3 is 2.17 bits per heavy atom. The highest BCUT2D eigenvalue weighted by Gasteiger charge is 2.32. The van der Waals surface area contributed by atoms with E-state index in [2.05, 4.69) is 9.88 Å². The van der Waals surface area contributed by atoms with Gasteiger partial charge in [0.2, 0.25) is 0 Å². The largest absolute Gasteiger partial charge is 0.416 e. The standard InChI is InChI=1S/C18H20F3N3/c1-23(2)17-12-14(18(19,20)21)11-16(22-17)13-5-7-15(8-6-13)24-9-3-4-10-24/h5-8,11-12H,3-4,9-10H2,1-2H3. The zero-order chi connectivity index (χ0) is 17.3. The van der Waals surface area contributed by atoms with Crippen LogP contribution < -0.4 is 9.80 Å². The first-order valence-corrected chi connectivity index (χ1v) is 7.96. The van der Waals surface area contributed by atoms with Crippen molar-refractivity contribution < 1.29 is 13.2 Å². The van der Waals surface area contributed by atoms with Crippen molar-refractivity contribution in [2.75, 3.05) is 37.0 Å². The summed E-state index contributed by atoms with van der Waals surface area (Å²) >= 11 is 0. The van der Waals surface area contributed by atoms with Crippen LogP contribution in [0.15, 0.2) is 36.4 Å². The number of nitrogens with zero attached hydrogens (tertiary/aromatic N) is 3. The molecule has 1 saturated heterocycles. The first-order chi connectivity index (χ1) is 11.3. The zero-order valence-electron chi connectivity index (χ0n) is 13.8. The predicted molar refractivity (Wildman–Crippen MR) is 90.4 cm³/mol. The van der Waals surface area contributed by atoms with Crippen LogP contribution in [0.2, 0.25) is 0 Å². The van der Waals surface area contributed by atoms with Crippen molar-refractivity contribution in [3.8, 4) is 11.3 Å². The van der Waals surface area contributed by atoms with Crippen LogP contribution in [0.25, 0.3) is 11.3 Å². The van der Waals surface area contributed by atoms with Crippen LogP contribution in [0.4, 0.5) is 24.7 Å². The Labute approximate surface area is 139 Å². The van der Waals surface area contributed by atoms with Crippen LogP contribution in [0, 0.1) is 0 Å². The maximum atomic E-state index is 13.1. The summed E-state index contributed by atoms with van der Waals surface area (Å²) < 4.78 is 39.4.